The fourth-order valence-corrected chi connectivity index (χ4v) is 4.15. The van der Waals surface area contributed by atoms with Crippen molar-refractivity contribution in [2.45, 2.75) is 18.1 Å². The van der Waals surface area contributed by atoms with Gasteiger partial charge in [0.2, 0.25) is 5.91 Å². The van der Waals surface area contributed by atoms with Crippen LogP contribution >= 0.6 is 0 Å². The molecule has 0 N–H and O–H groups in total. The van der Waals surface area contributed by atoms with Gasteiger partial charge in [0.05, 0.1) is 11.1 Å². The lowest BCUT2D eigenvalue weighted by Crippen LogP contribution is -2.67. The van der Waals surface area contributed by atoms with Crippen molar-refractivity contribution >= 4 is 11.7 Å². The smallest absolute Gasteiger partial charge is 0.249 e. The maximum atomic E-state index is 12.4. The number of piperidine rings is 1. The SMILES string of the molecule is CN1C(=O)CO[C@@H]2CN(c3ncccc3C#N)CC[C@]21c1ccccc1. The molecule has 2 atom stereocenters. The van der Waals surface area contributed by atoms with Crippen LogP contribution in [-0.4, -0.2) is 48.6 Å². The van der Waals surface area contributed by atoms with Crippen molar-refractivity contribution in [3.63, 3.8) is 0 Å². The third-order valence-corrected chi connectivity index (χ3v) is 5.54. The van der Waals surface area contributed by atoms with Gasteiger partial charge in [-0.2, -0.15) is 5.26 Å². The Kier molecular flexibility index (Phi) is 4.09. The van der Waals surface area contributed by atoms with Crippen LogP contribution in [0.1, 0.15) is 17.5 Å². The van der Waals surface area contributed by atoms with Crippen molar-refractivity contribution in [1.29, 1.82) is 5.26 Å². The first kappa shape index (κ1) is 16.6. The predicted octanol–water partition coefficient (Wildman–Crippen LogP) is 1.92. The van der Waals surface area contributed by atoms with E-state index in [1.807, 2.05) is 30.1 Å². The quantitative estimate of drug-likeness (QED) is 0.829. The summed E-state index contributed by atoms with van der Waals surface area (Å²) in [6.07, 6.45) is 2.23. The van der Waals surface area contributed by atoms with E-state index in [1.165, 1.54) is 0 Å². The summed E-state index contributed by atoms with van der Waals surface area (Å²) < 4.78 is 6.00. The van der Waals surface area contributed by atoms with E-state index in [4.69, 9.17) is 4.74 Å². The first-order chi connectivity index (χ1) is 12.7. The zero-order valence-corrected chi connectivity index (χ0v) is 14.6. The van der Waals surface area contributed by atoms with E-state index in [0.29, 0.717) is 30.9 Å². The molecule has 26 heavy (non-hydrogen) atoms. The van der Waals surface area contributed by atoms with Gasteiger partial charge in [-0.3, -0.25) is 4.79 Å². The van der Waals surface area contributed by atoms with Crippen molar-refractivity contribution in [3.05, 3.63) is 59.8 Å². The Hall–Kier alpha value is -2.91. The molecule has 2 saturated heterocycles. The van der Waals surface area contributed by atoms with Crippen molar-refractivity contribution in [1.82, 2.24) is 9.88 Å². The molecule has 0 radical (unpaired) electrons. The lowest BCUT2D eigenvalue weighted by molar-refractivity contribution is -0.173. The van der Waals surface area contributed by atoms with Crippen molar-refractivity contribution in [2.24, 2.45) is 0 Å². The second-order valence-corrected chi connectivity index (χ2v) is 6.73. The largest absolute Gasteiger partial charge is 0.364 e. The zero-order valence-electron chi connectivity index (χ0n) is 14.6. The van der Waals surface area contributed by atoms with Crippen LogP contribution in [0.3, 0.4) is 0 Å². The number of hydrogen-bond acceptors (Lipinski definition) is 5. The molecule has 4 rings (SSSR count). The van der Waals surface area contributed by atoms with Crippen molar-refractivity contribution in [3.8, 4) is 6.07 Å². The monoisotopic (exact) mass is 348 g/mol. The lowest BCUT2D eigenvalue weighted by atomic mass is 9.76. The highest BCUT2D eigenvalue weighted by atomic mass is 16.5. The summed E-state index contributed by atoms with van der Waals surface area (Å²) >= 11 is 0. The standard InChI is InChI=1S/C20H20N4O2/c1-23-18(25)14-26-17-13-24(19-15(12-21)6-5-10-22-19)11-9-20(17,23)16-7-3-2-4-8-16/h2-8,10,17H,9,11,13-14H2,1H3/t17-,20+/m1/s1. The molecule has 6 heteroatoms. The molecule has 1 aromatic carbocycles. The molecule has 2 aliphatic rings. The minimum Gasteiger partial charge on any atom is -0.364 e. The number of hydrogen-bond donors (Lipinski definition) is 0. The van der Waals surface area contributed by atoms with Crippen molar-refractivity contribution < 1.29 is 9.53 Å². The van der Waals surface area contributed by atoms with E-state index in [2.05, 4.69) is 28.1 Å². The Balaban J connectivity index is 1.72. The third kappa shape index (κ3) is 2.44. The highest BCUT2D eigenvalue weighted by Crippen LogP contribution is 2.43. The zero-order chi connectivity index (χ0) is 18.1. The van der Waals surface area contributed by atoms with E-state index >= 15 is 0 Å². The fraction of sp³-hybridized carbons (Fsp3) is 0.350. The Morgan fingerprint density at radius 2 is 2.08 bits per heavy atom. The number of fused-ring (bicyclic) bond motifs is 1. The summed E-state index contributed by atoms with van der Waals surface area (Å²) in [5.74, 6) is 0.675. The van der Waals surface area contributed by atoms with Gasteiger partial charge in [-0.05, 0) is 24.1 Å². The van der Waals surface area contributed by atoms with Gasteiger partial charge in [0.15, 0.2) is 0 Å². The van der Waals surface area contributed by atoms with Crippen LogP contribution in [0.2, 0.25) is 0 Å². The molecule has 2 aromatic rings. The normalized spacial score (nSPS) is 25.5. The number of nitriles is 1. The van der Waals surface area contributed by atoms with Crippen LogP contribution in [-0.2, 0) is 15.1 Å². The number of carbonyl (C=O) groups excluding carboxylic acids is 1. The number of ether oxygens (including phenoxy) is 1. The molecular weight excluding hydrogens is 328 g/mol. The number of amides is 1. The molecule has 2 fully saturated rings. The molecule has 132 valence electrons. The first-order valence-corrected chi connectivity index (χ1v) is 8.70. The molecule has 0 saturated carbocycles. The number of pyridine rings is 1. The van der Waals surface area contributed by atoms with Crippen molar-refractivity contribution in [2.75, 3.05) is 31.6 Å². The fourth-order valence-electron chi connectivity index (χ4n) is 4.15. The van der Waals surface area contributed by atoms with Gasteiger partial charge in [-0.15, -0.1) is 0 Å². The summed E-state index contributed by atoms with van der Waals surface area (Å²) in [4.78, 5) is 20.8. The minimum atomic E-state index is -0.491. The van der Waals surface area contributed by atoms with Gasteiger partial charge >= 0.3 is 0 Å². The van der Waals surface area contributed by atoms with Crippen LogP contribution in [0.4, 0.5) is 5.82 Å². The van der Waals surface area contributed by atoms with Gasteiger partial charge < -0.3 is 14.5 Å². The number of carbonyl (C=O) groups is 1. The molecule has 1 amide bonds. The van der Waals surface area contributed by atoms with Gasteiger partial charge in [-0.25, -0.2) is 4.98 Å². The number of benzene rings is 1. The summed E-state index contributed by atoms with van der Waals surface area (Å²) in [7, 11) is 1.86. The van der Waals surface area contributed by atoms with Crippen LogP contribution in [0.25, 0.3) is 0 Å². The van der Waals surface area contributed by atoms with Crippen LogP contribution in [0, 0.1) is 11.3 Å². The number of aromatic nitrogens is 1. The minimum absolute atomic E-state index is 0.00546. The summed E-state index contributed by atoms with van der Waals surface area (Å²) in [5.41, 5.74) is 1.15. The van der Waals surface area contributed by atoms with Crippen LogP contribution < -0.4 is 4.90 Å². The lowest BCUT2D eigenvalue weighted by Gasteiger charge is -2.55. The number of nitrogens with zero attached hydrogens (tertiary/aromatic N) is 4. The second kappa shape index (κ2) is 6.43. The molecule has 1 aromatic heterocycles. The Morgan fingerprint density at radius 1 is 1.27 bits per heavy atom. The molecule has 2 aliphatic heterocycles. The number of rotatable bonds is 2. The maximum Gasteiger partial charge on any atom is 0.249 e. The first-order valence-electron chi connectivity index (χ1n) is 8.70. The van der Waals surface area contributed by atoms with Crippen LogP contribution in [0.5, 0.6) is 0 Å². The maximum absolute atomic E-state index is 12.4. The number of anilines is 1. The van der Waals surface area contributed by atoms with Gasteiger partial charge in [0.1, 0.15) is 24.6 Å². The van der Waals surface area contributed by atoms with E-state index < -0.39 is 5.54 Å². The third-order valence-electron chi connectivity index (χ3n) is 5.54. The average molecular weight is 348 g/mol. The Labute approximate surface area is 152 Å². The molecular formula is C20H20N4O2. The molecule has 0 bridgehead atoms. The summed E-state index contributed by atoms with van der Waals surface area (Å²) in [6, 6.07) is 15.8. The Morgan fingerprint density at radius 3 is 2.85 bits per heavy atom. The predicted molar refractivity (Wildman–Crippen MR) is 96.4 cm³/mol. The molecule has 6 nitrogen and oxygen atoms in total. The average Bonchev–Trinajstić information content (AvgIpc) is 2.71. The summed E-state index contributed by atoms with van der Waals surface area (Å²) in [5, 5.41) is 9.39. The van der Waals surface area contributed by atoms with Gasteiger partial charge in [-0.1, -0.05) is 30.3 Å². The van der Waals surface area contributed by atoms with Gasteiger partial charge in [0, 0.05) is 26.3 Å². The highest BCUT2D eigenvalue weighted by molar-refractivity contribution is 5.79. The van der Waals surface area contributed by atoms with E-state index in [0.717, 1.165) is 5.56 Å². The molecule has 0 aliphatic carbocycles. The van der Waals surface area contributed by atoms with Gasteiger partial charge in [0.25, 0.3) is 0 Å². The Bertz CT molecular complexity index is 864. The number of likely N-dealkylation sites (N-methyl/N-ethyl adjacent to an activating group) is 1. The molecule has 0 spiro atoms. The topological polar surface area (TPSA) is 69.5 Å². The molecule has 0 unspecified atom stereocenters. The van der Waals surface area contributed by atoms with E-state index in [9.17, 15) is 10.1 Å². The van der Waals surface area contributed by atoms with E-state index in [1.54, 1.807) is 18.3 Å². The summed E-state index contributed by atoms with van der Waals surface area (Å²) in [6.45, 7) is 1.35. The number of morpholine rings is 1. The highest BCUT2D eigenvalue weighted by Gasteiger charge is 2.52. The molecule has 3 heterocycles. The van der Waals surface area contributed by atoms with Crippen LogP contribution in [0.15, 0.2) is 48.7 Å². The second-order valence-electron chi connectivity index (χ2n) is 6.73. The van der Waals surface area contributed by atoms with E-state index in [-0.39, 0.29) is 18.6 Å².